The average Bonchev–Trinajstić information content (AvgIpc) is 2.30. The summed E-state index contributed by atoms with van der Waals surface area (Å²) in [5.41, 5.74) is 1.19. The highest BCUT2D eigenvalue weighted by Gasteiger charge is 2.05. The number of rotatable bonds is 7. The SMILES string of the molecule is CNCc1ccc(OCCC(C)C)c(OC)c1. The van der Waals surface area contributed by atoms with Crippen molar-refractivity contribution in [2.75, 3.05) is 20.8 Å². The van der Waals surface area contributed by atoms with E-state index < -0.39 is 0 Å². The van der Waals surface area contributed by atoms with E-state index in [1.165, 1.54) is 5.56 Å². The molecule has 0 atom stereocenters. The van der Waals surface area contributed by atoms with Gasteiger partial charge in [-0.3, -0.25) is 0 Å². The standard InChI is InChI=1S/C14H23NO2/c1-11(2)7-8-17-13-6-5-12(10-15-3)9-14(13)16-4/h5-6,9,11,15H,7-8,10H2,1-4H3. The third kappa shape index (κ3) is 4.65. The summed E-state index contributed by atoms with van der Waals surface area (Å²) in [6, 6.07) is 6.05. The maximum atomic E-state index is 5.73. The van der Waals surface area contributed by atoms with E-state index in [2.05, 4.69) is 25.2 Å². The Kier molecular flexibility index (Phi) is 5.84. The minimum Gasteiger partial charge on any atom is -0.493 e. The van der Waals surface area contributed by atoms with Crippen molar-refractivity contribution in [2.24, 2.45) is 5.92 Å². The summed E-state index contributed by atoms with van der Waals surface area (Å²) in [7, 11) is 3.60. The molecule has 0 aromatic heterocycles. The molecule has 1 aromatic carbocycles. The van der Waals surface area contributed by atoms with Crippen LogP contribution < -0.4 is 14.8 Å². The lowest BCUT2D eigenvalue weighted by Crippen LogP contribution is -2.06. The number of ether oxygens (including phenoxy) is 2. The molecule has 0 aliphatic heterocycles. The molecule has 0 saturated heterocycles. The lowest BCUT2D eigenvalue weighted by atomic mass is 10.1. The first kappa shape index (κ1) is 13.8. The Morgan fingerprint density at radius 2 is 2.00 bits per heavy atom. The predicted molar refractivity (Wildman–Crippen MR) is 70.7 cm³/mol. The van der Waals surface area contributed by atoms with Crippen molar-refractivity contribution in [2.45, 2.75) is 26.8 Å². The maximum Gasteiger partial charge on any atom is 0.161 e. The molecule has 0 saturated carbocycles. The van der Waals surface area contributed by atoms with E-state index in [1.807, 2.05) is 19.2 Å². The van der Waals surface area contributed by atoms with Gasteiger partial charge in [0.05, 0.1) is 13.7 Å². The summed E-state index contributed by atoms with van der Waals surface area (Å²) in [5, 5.41) is 3.12. The maximum absolute atomic E-state index is 5.73. The molecular weight excluding hydrogens is 214 g/mol. The van der Waals surface area contributed by atoms with Gasteiger partial charge >= 0.3 is 0 Å². The van der Waals surface area contributed by atoms with Crippen molar-refractivity contribution in [3.8, 4) is 11.5 Å². The van der Waals surface area contributed by atoms with Crippen LogP contribution in [0, 0.1) is 5.92 Å². The molecule has 3 nitrogen and oxygen atoms in total. The van der Waals surface area contributed by atoms with E-state index in [1.54, 1.807) is 7.11 Å². The molecule has 1 aromatic rings. The Labute approximate surface area is 104 Å². The second-order valence-electron chi connectivity index (χ2n) is 4.55. The lowest BCUT2D eigenvalue weighted by molar-refractivity contribution is 0.273. The summed E-state index contributed by atoms with van der Waals surface area (Å²) in [6.45, 7) is 5.95. The summed E-state index contributed by atoms with van der Waals surface area (Å²) >= 11 is 0. The van der Waals surface area contributed by atoms with Crippen LogP contribution in [0.4, 0.5) is 0 Å². The number of hydrogen-bond donors (Lipinski definition) is 1. The molecule has 0 radical (unpaired) electrons. The van der Waals surface area contributed by atoms with Crippen LogP contribution in [0.1, 0.15) is 25.8 Å². The highest BCUT2D eigenvalue weighted by atomic mass is 16.5. The van der Waals surface area contributed by atoms with Crippen LogP contribution in [0.15, 0.2) is 18.2 Å². The lowest BCUT2D eigenvalue weighted by Gasteiger charge is -2.13. The number of nitrogens with one attached hydrogen (secondary N) is 1. The second kappa shape index (κ2) is 7.17. The molecule has 0 heterocycles. The van der Waals surface area contributed by atoms with E-state index in [9.17, 15) is 0 Å². The van der Waals surface area contributed by atoms with E-state index in [0.717, 1.165) is 31.1 Å². The molecule has 1 rings (SSSR count). The number of methoxy groups -OCH3 is 1. The molecule has 0 aliphatic carbocycles. The van der Waals surface area contributed by atoms with Gasteiger partial charge in [-0.15, -0.1) is 0 Å². The van der Waals surface area contributed by atoms with Gasteiger partial charge in [0.1, 0.15) is 0 Å². The highest BCUT2D eigenvalue weighted by molar-refractivity contribution is 5.42. The molecule has 0 unspecified atom stereocenters. The average molecular weight is 237 g/mol. The molecular formula is C14H23NO2. The fourth-order valence-electron chi connectivity index (χ4n) is 1.55. The van der Waals surface area contributed by atoms with Gasteiger partial charge < -0.3 is 14.8 Å². The van der Waals surface area contributed by atoms with Gasteiger partial charge in [0.25, 0.3) is 0 Å². The second-order valence-corrected chi connectivity index (χ2v) is 4.55. The molecule has 17 heavy (non-hydrogen) atoms. The Morgan fingerprint density at radius 1 is 1.24 bits per heavy atom. The quantitative estimate of drug-likeness (QED) is 0.791. The number of hydrogen-bond acceptors (Lipinski definition) is 3. The molecule has 0 spiro atoms. The van der Waals surface area contributed by atoms with Crippen LogP contribution in [0.2, 0.25) is 0 Å². The van der Waals surface area contributed by atoms with E-state index >= 15 is 0 Å². The van der Waals surface area contributed by atoms with Crippen molar-refractivity contribution >= 4 is 0 Å². The smallest absolute Gasteiger partial charge is 0.161 e. The zero-order valence-corrected chi connectivity index (χ0v) is 11.2. The molecule has 0 bridgehead atoms. The van der Waals surface area contributed by atoms with E-state index in [0.29, 0.717) is 5.92 Å². The van der Waals surface area contributed by atoms with Gasteiger partial charge in [-0.1, -0.05) is 19.9 Å². The molecule has 1 N–H and O–H groups in total. The minimum absolute atomic E-state index is 0.657. The summed E-state index contributed by atoms with van der Waals surface area (Å²) in [6.07, 6.45) is 1.06. The van der Waals surface area contributed by atoms with Crippen molar-refractivity contribution in [1.82, 2.24) is 5.32 Å². The van der Waals surface area contributed by atoms with Gasteiger partial charge in [0.2, 0.25) is 0 Å². The first-order chi connectivity index (χ1) is 8.17. The first-order valence-corrected chi connectivity index (χ1v) is 6.11. The fourth-order valence-corrected chi connectivity index (χ4v) is 1.55. The molecule has 3 heteroatoms. The van der Waals surface area contributed by atoms with Crippen LogP contribution >= 0.6 is 0 Å². The van der Waals surface area contributed by atoms with Crippen molar-refractivity contribution in [1.29, 1.82) is 0 Å². The molecule has 0 aliphatic rings. The van der Waals surface area contributed by atoms with Crippen LogP contribution in [0.5, 0.6) is 11.5 Å². The largest absolute Gasteiger partial charge is 0.493 e. The Bertz CT molecular complexity index is 337. The van der Waals surface area contributed by atoms with Gasteiger partial charge in [-0.2, -0.15) is 0 Å². The van der Waals surface area contributed by atoms with Crippen LogP contribution in [-0.2, 0) is 6.54 Å². The zero-order valence-electron chi connectivity index (χ0n) is 11.2. The van der Waals surface area contributed by atoms with Gasteiger partial charge in [-0.05, 0) is 37.1 Å². The highest BCUT2D eigenvalue weighted by Crippen LogP contribution is 2.28. The van der Waals surface area contributed by atoms with Crippen molar-refractivity contribution in [3.05, 3.63) is 23.8 Å². The summed E-state index contributed by atoms with van der Waals surface area (Å²) in [4.78, 5) is 0. The van der Waals surface area contributed by atoms with Gasteiger partial charge in [-0.25, -0.2) is 0 Å². The third-order valence-electron chi connectivity index (χ3n) is 2.56. The zero-order chi connectivity index (χ0) is 12.7. The van der Waals surface area contributed by atoms with Crippen molar-refractivity contribution < 1.29 is 9.47 Å². The normalized spacial score (nSPS) is 10.6. The van der Waals surface area contributed by atoms with Gasteiger partial charge in [0, 0.05) is 6.54 Å². The summed E-state index contributed by atoms with van der Waals surface area (Å²) in [5.74, 6) is 2.29. The van der Waals surface area contributed by atoms with E-state index in [-0.39, 0.29) is 0 Å². The third-order valence-corrected chi connectivity index (χ3v) is 2.56. The van der Waals surface area contributed by atoms with Gasteiger partial charge in [0.15, 0.2) is 11.5 Å². The Hall–Kier alpha value is -1.22. The first-order valence-electron chi connectivity index (χ1n) is 6.11. The monoisotopic (exact) mass is 237 g/mol. The van der Waals surface area contributed by atoms with Crippen LogP contribution in [0.3, 0.4) is 0 Å². The van der Waals surface area contributed by atoms with Crippen molar-refractivity contribution in [3.63, 3.8) is 0 Å². The predicted octanol–water partition coefficient (Wildman–Crippen LogP) is 2.84. The fraction of sp³-hybridized carbons (Fsp3) is 0.571. The van der Waals surface area contributed by atoms with E-state index in [4.69, 9.17) is 9.47 Å². The number of benzene rings is 1. The van der Waals surface area contributed by atoms with Crippen LogP contribution in [0.25, 0.3) is 0 Å². The topological polar surface area (TPSA) is 30.5 Å². The Balaban J connectivity index is 2.64. The minimum atomic E-state index is 0.657. The van der Waals surface area contributed by atoms with Crippen LogP contribution in [-0.4, -0.2) is 20.8 Å². The molecule has 96 valence electrons. The Morgan fingerprint density at radius 3 is 2.59 bits per heavy atom. The summed E-state index contributed by atoms with van der Waals surface area (Å²) < 4.78 is 11.1. The molecule has 0 fully saturated rings. The molecule has 0 amide bonds.